The molecule has 0 saturated heterocycles. The standard InChI is InChI=1S/C14H14N4OS/c1-9-7-16-14(20-9)8-15-13(19)6-12-10-4-2-3-5-11(10)17-18-12/h2-5,7H,6,8H2,1H3,(H,15,19)(H,17,18). The Balaban J connectivity index is 1.64. The molecule has 0 fully saturated rings. The van der Waals surface area contributed by atoms with Crippen LogP contribution in [0.2, 0.25) is 0 Å². The number of thiazole rings is 1. The number of para-hydroxylation sites is 1. The lowest BCUT2D eigenvalue weighted by atomic mass is 10.1. The van der Waals surface area contributed by atoms with Crippen molar-refractivity contribution in [1.29, 1.82) is 0 Å². The molecular formula is C14H14N4OS. The molecule has 0 radical (unpaired) electrons. The zero-order valence-corrected chi connectivity index (χ0v) is 11.8. The maximum atomic E-state index is 12.0. The number of H-pyrrole nitrogens is 1. The van der Waals surface area contributed by atoms with E-state index in [1.807, 2.05) is 37.4 Å². The Morgan fingerprint density at radius 1 is 1.40 bits per heavy atom. The summed E-state index contributed by atoms with van der Waals surface area (Å²) in [6.45, 7) is 2.48. The normalized spacial score (nSPS) is 10.8. The largest absolute Gasteiger partial charge is 0.349 e. The number of aromatic nitrogens is 3. The molecule has 0 aliphatic carbocycles. The average Bonchev–Trinajstić information content (AvgIpc) is 3.04. The Hall–Kier alpha value is -2.21. The first-order valence-electron chi connectivity index (χ1n) is 6.32. The van der Waals surface area contributed by atoms with E-state index >= 15 is 0 Å². The molecule has 1 aromatic carbocycles. The Labute approximate surface area is 120 Å². The van der Waals surface area contributed by atoms with E-state index in [4.69, 9.17) is 0 Å². The fraction of sp³-hybridized carbons (Fsp3) is 0.214. The molecule has 0 spiro atoms. The molecule has 5 nitrogen and oxygen atoms in total. The lowest BCUT2D eigenvalue weighted by Gasteiger charge is -2.02. The number of amides is 1. The Morgan fingerprint density at radius 3 is 3.05 bits per heavy atom. The van der Waals surface area contributed by atoms with Gasteiger partial charge >= 0.3 is 0 Å². The van der Waals surface area contributed by atoms with Crippen molar-refractivity contribution in [2.75, 3.05) is 0 Å². The Morgan fingerprint density at radius 2 is 2.25 bits per heavy atom. The van der Waals surface area contributed by atoms with E-state index in [1.54, 1.807) is 11.3 Å². The molecule has 0 aliphatic rings. The summed E-state index contributed by atoms with van der Waals surface area (Å²) in [5, 5.41) is 11.9. The molecule has 1 amide bonds. The summed E-state index contributed by atoms with van der Waals surface area (Å²) < 4.78 is 0. The van der Waals surface area contributed by atoms with Crippen molar-refractivity contribution in [3.8, 4) is 0 Å². The van der Waals surface area contributed by atoms with Gasteiger partial charge in [0, 0.05) is 16.5 Å². The van der Waals surface area contributed by atoms with Crippen LogP contribution in [-0.2, 0) is 17.8 Å². The van der Waals surface area contributed by atoms with Crippen LogP contribution in [0.25, 0.3) is 10.9 Å². The van der Waals surface area contributed by atoms with Crippen LogP contribution in [0.1, 0.15) is 15.6 Å². The molecule has 0 atom stereocenters. The number of benzene rings is 1. The highest BCUT2D eigenvalue weighted by Gasteiger charge is 2.10. The van der Waals surface area contributed by atoms with Crippen LogP contribution in [0.4, 0.5) is 0 Å². The molecule has 0 saturated carbocycles. The lowest BCUT2D eigenvalue weighted by Crippen LogP contribution is -2.24. The maximum absolute atomic E-state index is 12.0. The molecule has 2 aromatic heterocycles. The molecule has 2 N–H and O–H groups in total. The van der Waals surface area contributed by atoms with Gasteiger partial charge < -0.3 is 5.32 Å². The predicted octanol–water partition coefficient (Wildman–Crippen LogP) is 2.19. The first-order valence-corrected chi connectivity index (χ1v) is 7.14. The average molecular weight is 286 g/mol. The van der Waals surface area contributed by atoms with Crippen molar-refractivity contribution in [3.63, 3.8) is 0 Å². The van der Waals surface area contributed by atoms with Gasteiger partial charge in [-0.1, -0.05) is 18.2 Å². The van der Waals surface area contributed by atoms with E-state index in [2.05, 4.69) is 20.5 Å². The molecular weight excluding hydrogens is 272 g/mol. The molecule has 2 heterocycles. The minimum Gasteiger partial charge on any atom is -0.349 e. The van der Waals surface area contributed by atoms with Gasteiger partial charge in [0.05, 0.1) is 24.2 Å². The highest BCUT2D eigenvalue weighted by atomic mass is 32.1. The van der Waals surface area contributed by atoms with Gasteiger partial charge in [0.1, 0.15) is 5.01 Å². The smallest absolute Gasteiger partial charge is 0.226 e. The highest BCUT2D eigenvalue weighted by Crippen LogP contribution is 2.15. The van der Waals surface area contributed by atoms with Gasteiger partial charge in [-0.05, 0) is 13.0 Å². The van der Waals surface area contributed by atoms with Gasteiger partial charge in [0.2, 0.25) is 5.91 Å². The molecule has 3 aromatic rings. The number of aryl methyl sites for hydroxylation is 1. The lowest BCUT2D eigenvalue weighted by molar-refractivity contribution is -0.120. The van der Waals surface area contributed by atoms with E-state index in [-0.39, 0.29) is 5.91 Å². The van der Waals surface area contributed by atoms with Crippen LogP contribution in [-0.4, -0.2) is 21.1 Å². The third-order valence-electron chi connectivity index (χ3n) is 2.98. The fourth-order valence-corrected chi connectivity index (χ4v) is 2.76. The number of hydrogen-bond donors (Lipinski definition) is 2. The molecule has 20 heavy (non-hydrogen) atoms. The fourth-order valence-electron chi connectivity index (χ4n) is 2.03. The SMILES string of the molecule is Cc1cnc(CNC(=O)Cc2[nH]nc3ccccc23)s1. The van der Waals surface area contributed by atoms with Crippen molar-refractivity contribution in [2.45, 2.75) is 19.9 Å². The summed E-state index contributed by atoms with van der Waals surface area (Å²) in [6.07, 6.45) is 2.11. The highest BCUT2D eigenvalue weighted by molar-refractivity contribution is 7.11. The number of nitrogens with zero attached hydrogens (tertiary/aromatic N) is 2. The Bertz CT molecular complexity index is 746. The second-order valence-electron chi connectivity index (χ2n) is 4.54. The first-order chi connectivity index (χ1) is 9.72. The molecule has 3 rings (SSSR count). The second kappa shape index (κ2) is 5.42. The van der Waals surface area contributed by atoms with Crippen molar-refractivity contribution < 1.29 is 4.79 Å². The molecule has 102 valence electrons. The number of aromatic amines is 1. The minimum absolute atomic E-state index is 0.0349. The maximum Gasteiger partial charge on any atom is 0.226 e. The summed E-state index contributed by atoms with van der Waals surface area (Å²) in [6, 6.07) is 7.76. The van der Waals surface area contributed by atoms with E-state index in [0.717, 1.165) is 26.5 Å². The van der Waals surface area contributed by atoms with Gasteiger partial charge in [0.15, 0.2) is 0 Å². The number of fused-ring (bicyclic) bond motifs is 1. The number of carbonyl (C=O) groups excluding carboxylic acids is 1. The van der Waals surface area contributed by atoms with E-state index in [1.165, 1.54) is 0 Å². The van der Waals surface area contributed by atoms with Crippen molar-refractivity contribution in [1.82, 2.24) is 20.5 Å². The molecule has 0 unspecified atom stereocenters. The summed E-state index contributed by atoms with van der Waals surface area (Å²) in [5.41, 5.74) is 1.72. The third kappa shape index (κ3) is 2.70. The third-order valence-corrected chi connectivity index (χ3v) is 3.90. The summed E-state index contributed by atoms with van der Waals surface area (Å²) in [5.74, 6) is -0.0349. The number of carbonyl (C=O) groups is 1. The van der Waals surface area contributed by atoms with Crippen LogP contribution in [0.3, 0.4) is 0 Å². The van der Waals surface area contributed by atoms with E-state index in [0.29, 0.717) is 13.0 Å². The second-order valence-corrected chi connectivity index (χ2v) is 5.86. The zero-order chi connectivity index (χ0) is 13.9. The van der Waals surface area contributed by atoms with Crippen LogP contribution in [0.5, 0.6) is 0 Å². The van der Waals surface area contributed by atoms with Crippen LogP contribution >= 0.6 is 11.3 Å². The zero-order valence-electron chi connectivity index (χ0n) is 11.0. The Kier molecular flexibility index (Phi) is 3.47. The van der Waals surface area contributed by atoms with Crippen LogP contribution in [0.15, 0.2) is 30.5 Å². The van der Waals surface area contributed by atoms with E-state index < -0.39 is 0 Å². The number of rotatable bonds is 4. The number of hydrogen-bond acceptors (Lipinski definition) is 4. The van der Waals surface area contributed by atoms with Gasteiger partial charge in [-0.2, -0.15) is 5.10 Å². The van der Waals surface area contributed by atoms with Gasteiger partial charge in [-0.15, -0.1) is 11.3 Å². The predicted molar refractivity (Wildman–Crippen MR) is 78.5 cm³/mol. The number of nitrogens with one attached hydrogen (secondary N) is 2. The first kappa shape index (κ1) is 12.8. The quantitative estimate of drug-likeness (QED) is 0.772. The monoisotopic (exact) mass is 286 g/mol. The topological polar surface area (TPSA) is 70.7 Å². The van der Waals surface area contributed by atoms with Crippen molar-refractivity contribution in [3.05, 3.63) is 46.0 Å². The van der Waals surface area contributed by atoms with Crippen molar-refractivity contribution >= 4 is 28.1 Å². The minimum atomic E-state index is -0.0349. The summed E-state index contributed by atoms with van der Waals surface area (Å²) in [4.78, 5) is 17.3. The molecule has 6 heteroatoms. The van der Waals surface area contributed by atoms with Crippen molar-refractivity contribution in [2.24, 2.45) is 0 Å². The molecule has 0 bridgehead atoms. The van der Waals surface area contributed by atoms with Gasteiger partial charge in [-0.3, -0.25) is 9.89 Å². The van der Waals surface area contributed by atoms with Gasteiger partial charge in [-0.25, -0.2) is 4.98 Å². The van der Waals surface area contributed by atoms with Crippen LogP contribution in [0, 0.1) is 6.92 Å². The van der Waals surface area contributed by atoms with Crippen LogP contribution < -0.4 is 5.32 Å². The van der Waals surface area contributed by atoms with Gasteiger partial charge in [0.25, 0.3) is 0 Å². The molecule has 0 aliphatic heterocycles. The summed E-state index contributed by atoms with van der Waals surface area (Å²) in [7, 11) is 0. The summed E-state index contributed by atoms with van der Waals surface area (Å²) >= 11 is 1.59. The van der Waals surface area contributed by atoms with E-state index in [9.17, 15) is 4.79 Å².